The molecular formula is C22H25ClN4O3. The van der Waals surface area contributed by atoms with Crippen molar-refractivity contribution in [3.05, 3.63) is 63.9 Å². The van der Waals surface area contributed by atoms with Crippen LogP contribution in [0.1, 0.15) is 41.5 Å². The lowest BCUT2D eigenvalue weighted by Crippen LogP contribution is -2.52. The number of fused-ring (bicyclic) bond motifs is 1. The number of hydrogen-bond acceptors (Lipinski definition) is 5. The fraction of sp³-hybridized carbons (Fsp3) is 0.409. The van der Waals surface area contributed by atoms with Crippen molar-refractivity contribution in [2.45, 2.75) is 50.4 Å². The maximum absolute atomic E-state index is 13.3. The van der Waals surface area contributed by atoms with E-state index in [0.717, 1.165) is 16.7 Å². The normalized spacial score (nSPS) is 22.8. The molecule has 158 valence electrons. The van der Waals surface area contributed by atoms with Crippen LogP contribution in [-0.2, 0) is 34.7 Å². The summed E-state index contributed by atoms with van der Waals surface area (Å²) in [5, 5.41) is 14.7. The van der Waals surface area contributed by atoms with E-state index >= 15 is 0 Å². The highest BCUT2D eigenvalue weighted by molar-refractivity contribution is 6.30. The predicted octanol–water partition coefficient (Wildman–Crippen LogP) is 1.63. The summed E-state index contributed by atoms with van der Waals surface area (Å²) < 4.78 is 0. The van der Waals surface area contributed by atoms with E-state index in [4.69, 9.17) is 17.3 Å². The van der Waals surface area contributed by atoms with Gasteiger partial charge < -0.3 is 21.1 Å². The van der Waals surface area contributed by atoms with Crippen molar-refractivity contribution in [3.63, 3.8) is 0 Å². The number of nitrogens with zero attached hydrogens (tertiary/aromatic N) is 2. The molecule has 30 heavy (non-hydrogen) atoms. The standard InChI is InChI=1S/C22H25ClN4O3/c23-17-4-3-14(11-24)16(10-17)13-26-20(28)19-2-1-9-27(19)21(29)22(30)7-5-15-12-25-8-6-18(15)22/h3-4,6,8,10,12,19,30H,1-2,5,7,9,11,13,24H2,(H,26,28). The summed E-state index contributed by atoms with van der Waals surface area (Å²) in [7, 11) is 0. The van der Waals surface area contributed by atoms with Gasteiger partial charge in [-0.25, -0.2) is 0 Å². The van der Waals surface area contributed by atoms with Crippen molar-refractivity contribution in [2.75, 3.05) is 6.54 Å². The highest BCUT2D eigenvalue weighted by atomic mass is 35.5. The molecule has 1 aliphatic heterocycles. The quantitative estimate of drug-likeness (QED) is 0.670. The minimum Gasteiger partial charge on any atom is -0.375 e. The molecule has 4 rings (SSSR count). The lowest BCUT2D eigenvalue weighted by atomic mass is 9.94. The minimum atomic E-state index is -1.60. The van der Waals surface area contributed by atoms with Crippen LogP contribution in [0.2, 0.25) is 5.02 Å². The number of halogens is 1. The summed E-state index contributed by atoms with van der Waals surface area (Å²) in [6.45, 7) is 1.08. The number of amides is 2. The number of aromatic nitrogens is 1. The molecule has 0 saturated carbocycles. The second-order valence-electron chi connectivity index (χ2n) is 7.88. The molecule has 1 fully saturated rings. The summed E-state index contributed by atoms with van der Waals surface area (Å²) in [6.07, 6.45) is 5.45. The number of aryl methyl sites for hydroxylation is 1. The van der Waals surface area contributed by atoms with Crippen LogP contribution < -0.4 is 11.1 Å². The zero-order valence-corrected chi connectivity index (χ0v) is 17.4. The van der Waals surface area contributed by atoms with Crippen molar-refractivity contribution in [1.82, 2.24) is 15.2 Å². The molecule has 2 atom stereocenters. The Hall–Kier alpha value is -2.48. The molecule has 1 aliphatic carbocycles. The molecule has 8 heteroatoms. The van der Waals surface area contributed by atoms with Crippen molar-refractivity contribution in [1.29, 1.82) is 0 Å². The molecule has 0 radical (unpaired) electrons. The largest absolute Gasteiger partial charge is 0.375 e. The first-order valence-corrected chi connectivity index (χ1v) is 10.5. The van der Waals surface area contributed by atoms with E-state index in [-0.39, 0.29) is 12.5 Å². The van der Waals surface area contributed by atoms with E-state index in [1.165, 1.54) is 4.90 Å². The zero-order chi connectivity index (χ0) is 21.3. The third-order valence-electron chi connectivity index (χ3n) is 6.12. The van der Waals surface area contributed by atoms with Crippen LogP contribution in [0.25, 0.3) is 0 Å². The van der Waals surface area contributed by atoms with Gasteiger partial charge in [0.1, 0.15) is 6.04 Å². The van der Waals surface area contributed by atoms with Crippen LogP contribution in [-0.4, -0.2) is 39.4 Å². The van der Waals surface area contributed by atoms with Gasteiger partial charge in [-0.1, -0.05) is 17.7 Å². The number of hydrogen-bond donors (Lipinski definition) is 3. The number of carbonyl (C=O) groups excluding carboxylic acids is 2. The van der Waals surface area contributed by atoms with Gasteiger partial charge in [0, 0.05) is 37.1 Å². The number of carbonyl (C=O) groups is 2. The summed E-state index contributed by atoms with van der Waals surface area (Å²) in [5.41, 5.74) is 7.41. The van der Waals surface area contributed by atoms with Gasteiger partial charge in [0.05, 0.1) is 0 Å². The highest BCUT2D eigenvalue weighted by Gasteiger charge is 2.49. The summed E-state index contributed by atoms with van der Waals surface area (Å²) in [4.78, 5) is 31.8. The summed E-state index contributed by atoms with van der Waals surface area (Å²) in [6, 6.07) is 6.49. The van der Waals surface area contributed by atoms with Crippen molar-refractivity contribution >= 4 is 23.4 Å². The molecule has 1 aromatic heterocycles. The molecule has 1 saturated heterocycles. The van der Waals surface area contributed by atoms with E-state index in [1.54, 1.807) is 30.6 Å². The molecule has 0 spiro atoms. The Morgan fingerprint density at radius 2 is 2.17 bits per heavy atom. The number of rotatable bonds is 5. The number of nitrogens with two attached hydrogens (primary N) is 1. The molecule has 2 unspecified atom stereocenters. The van der Waals surface area contributed by atoms with E-state index in [9.17, 15) is 14.7 Å². The lowest BCUT2D eigenvalue weighted by molar-refractivity contribution is -0.155. The summed E-state index contributed by atoms with van der Waals surface area (Å²) >= 11 is 6.07. The van der Waals surface area contributed by atoms with Gasteiger partial charge in [-0.05, 0) is 66.1 Å². The molecule has 2 aromatic rings. The number of pyridine rings is 1. The molecule has 4 N–H and O–H groups in total. The number of likely N-dealkylation sites (tertiary alicyclic amines) is 1. The van der Waals surface area contributed by atoms with Crippen molar-refractivity contribution in [3.8, 4) is 0 Å². The van der Waals surface area contributed by atoms with Gasteiger partial charge in [0.15, 0.2) is 5.60 Å². The molecule has 2 aliphatic rings. The van der Waals surface area contributed by atoms with Crippen molar-refractivity contribution < 1.29 is 14.7 Å². The Labute approximate surface area is 180 Å². The molecule has 2 heterocycles. The Kier molecular flexibility index (Phi) is 5.77. The van der Waals surface area contributed by atoms with Gasteiger partial charge in [-0.2, -0.15) is 0 Å². The summed E-state index contributed by atoms with van der Waals surface area (Å²) in [5.74, 6) is -0.643. The van der Waals surface area contributed by atoms with Crippen LogP contribution in [0.4, 0.5) is 0 Å². The fourth-order valence-electron chi connectivity index (χ4n) is 4.48. The number of aliphatic hydroxyl groups is 1. The van der Waals surface area contributed by atoms with Crippen molar-refractivity contribution in [2.24, 2.45) is 5.73 Å². The topological polar surface area (TPSA) is 109 Å². The molecule has 2 amide bonds. The Balaban J connectivity index is 1.48. The van der Waals surface area contributed by atoms with Crippen LogP contribution in [0.3, 0.4) is 0 Å². The Morgan fingerprint density at radius 1 is 1.33 bits per heavy atom. The molecule has 0 bridgehead atoms. The number of benzene rings is 1. The van der Waals surface area contributed by atoms with Gasteiger partial charge in [0.25, 0.3) is 5.91 Å². The maximum atomic E-state index is 13.3. The van der Waals surface area contributed by atoms with Gasteiger partial charge in [-0.15, -0.1) is 0 Å². The van der Waals surface area contributed by atoms with Gasteiger partial charge in [0.2, 0.25) is 5.91 Å². The monoisotopic (exact) mass is 428 g/mol. The number of nitrogens with one attached hydrogen (secondary N) is 1. The highest BCUT2D eigenvalue weighted by Crippen LogP contribution is 2.39. The van der Waals surface area contributed by atoms with Crippen LogP contribution in [0.5, 0.6) is 0 Å². The van der Waals surface area contributed by atoms with Crippen LogP contribution in [0, 0.1) is 0 Å². The molecule has 1 aromatic carbocycles. The smallest absolute Gasteiger partial charge is 0.259 e. The van der Waals surface area contributed by atoms with Gasteiger partial charge >= 0.3 is 0 Å². The second-order valence-corrected chi connectivity index (χ2v) is 8.32. The van der Waals surface area contributed by atoms with Crippen LogP contribution in [0.15, 0.2) is 36.7 Å². The Bertz CT molecular complexity index is 983. The van der Waals surface area contributed by atoms with E-state index in [1.807, 2.05) is 6.07 Å². The van der Waals surface area contributed by atoms with E-state index in [0.29, 0.717) is 49.4 Å². The average Bonchev–Trinajstić information content (AvgIpc) is 3.38. The van der Waals surface area contributed by atoms with E-state index in [2.05, 4.69) is 10.3 Å². The SMILES string of the molecule is NCc1ccc(Cl)cc1CNC(=O)C1CCCN1C(=O)C1(O)CCc2cnccc21. The first-order valence-electron chi connectivity index (χ1n) is 10.2. The maximum Gasteiger partial charge on any atom is 0.259 e. The fourth-order valence-corrected chi connectivity index (χ4v) is 4.68. The molecule has 7 nitrogen and oxygen atoms in total. The van der Waals surface area contributed by atoms with Crippen LogP contribution >= 0.6 is 11.6 Å². The second kappa shape index (κ2) is 8.34. The lowest BCUT2D eigenvalue weighted by Gasteiger charge is -2.32. The average molecular weight is 429 g/mol. The minimum absolute atomic E-state index is 0.236. The molecular weight excluding hydrogens is 404 g/mol. The zero-order valence-electron chi connectivity index (χ0n) is 16.6. The third kappa shape index (κ3) is 3.69. The first kappa shape index (κ1) is 20.8. The van der Waals surface area contributed by atoms with Gasteiger partial charge in [-0.3, -0.25) is 14.6 Å². The Morgan fingerprint density at radius 3 is 2.97 bits per heavy atom. The first-order chi connectivity index (χ1) is 14.4. The third-order valence-corrected chi connectivity index (χ3v) is 6.35. The predicted molar refractivity (Wildman–Crippen MR) is 112 cm³/mol. The van der Waals surface area contributed by atoms with E-state index < -0.39 is 17.6 Å².